The van der Waals surface area contributed by atoms with Crippen LogP contribution >= 0.6 is 23.2 Å². The molecule has 0 bridgehead atoms. The summed E-state index contributed by atoms with van der Waals surface area (Å²) in [6.07, 6.45) is -1.06. The molecule has 0 saturated heterocycles. The lowest BCUT2D eigenvalue weighted by Gasteiger charge is -2.24. The number of alkyl carbamates (subject to hydrolysis) is 1. The fraction of sp³-hybridized carbons (Fsp3) is 0.393. The van der Waals surface area contributed by atoms with Gasteiger partial charge in [-0.15, -0.1) is 10.2 Å². The molecule has 2 aromatic carbocycles. The van der Waals surface area contributed by atoms with E-state index in [1.165, 1.54) is 0 Å². The Morgan fingerprint density at radius 3 is 2.29 bits per heavy atom. The third kappa shape index (κ3) is 9.81. The van der Waals surface area contributed by atoms with Crippen molar-refractivity contribution in [2.75, 3.05) is 6.61 Å². The third-order valence-corrected chi connectivity index (χ3v) is 6.71. The molecule has 3 aromatic rings. The van der Waals surface area contributed by atoms with E-state index < -0.39 is 48.8 Å². The smallest absolute Gasteiger partial charge is 0.408 e. The highest BCUT2D eigenvalue weighted by molar-refractivity contribution is 6.36. The number of nitrogens with one attached hydrogen (secondary N) is 2. The number of ether oxygens (including phenoxy) is 2. The van der Waals surface area contributed by atoms with Crippen molar-refractivity contribution in [3.63, 3.8) is 0 Å². The molecule has 1 heterocycles. The van der Waals surface area contributed by atoms with Crippen LogP contribution in [0.2, 0.25) is 10.0 Å². The van der Waals surface area contributed by atoms with E-state index in [4.69, 9.17) is 32.7 Å². The molecule has 2 atom stereocenters. The summed E-state index contributed by atoms with van der Waals surface area (Å²) in [7, 11) is 0. The first-order valence-electron chi connectivity index (χ1n) is 13.2. The van der Waals surface area contributed by atoms with Gasteiger partial charge in [-0.1, -0.05) is 73.4 Å². The van der Waals surface area contributed by atoms with Crippen LogP contribution in [0.15, 0.2) is 48.5 Å². The fourth-order valence-electron chi connectivity index (χ4n) is 3.84. The van der Waals surface area contributed by atoms with Crippen molar-refractivity contribution in [1.82, 2.24) is 30.8 Å². The van der Waals surface area contributed by atoms with Gasteiger partial charge in [-0.3, -0.25) is 14.4 Å². The molecule has 12 nitrogen and oxygen atoms in total. The highest BCUT2D eigenvalue weighted by Crippen LogP contribution is 2.25. The largest absolute Gasteiger partial charge is 0.466 e. The van der Waals surface area contributed by atoms with Crippen molar-refractivity contribution in [1.29, 1.82) is 0 Å². The van der Waals surface area contributed by atoms with E-state index in [1.54, 1.807) is 51.1 Å². The van der Waals surface area contributed by atoms with Gasteiger partial charge >= 0.3 is 12.1 Å². The average Bonchev–Trinajstić information content (AvgIpc) is 3.39. The number of aromatic nitrogens is 4. The molecule has 42 heavy (non-hydrogen) atoms. The molecule has 2 amide bonds. The minimum Gasteiger partial charge on any atom is -0.466 e. The van der Waals surface area contributed by atoms with Crippen LogP contribution in [0.25, 0.3) is 0 Å². The van der Waals surface area contributed by atoms with Gasteiger partial charge in [0.15, 0.2) is 11.6 Å². The molecule has 0 spiro atoms. The van der Waals surface area contributed by atoms with E-state index >= 15 is 0 Å². The average molecular weight is 620 g/mol. The second-order valence-corrected chi connectivity index (χ2v) is 10.4. The zero-order valence-electron chi connectivity index (χ0n) is 23.4. The second kappa shape index (κ2) is 15.8. The molecule has 1 aromatic heterocycles. The van der Waals surface area contributed by atoms with Crippen molar-refractivity contribution in [2.24, 2.45) is 5.92 Å². The van der Waals surface area contributed by atoms with Gasteiger partial charge in [0.2, 0.25) is 5.91 Å². The lowest BCUT2D eigenvalue weighted by Crippen LogP contribution is -2.54. The molecule has 14 heteroatoms. The van der Waals surface area contributed by atoms with Gasteiger partial charge in [0, 0.05) is 16.5 Å². The maximum Gasteiger partial charge on any atom is 0.408 e. The fourth-order valence-corrected chi connectivity index (χ4v) is 4.37. The molecular formula is C28H32Cl2N6O6. The number of hydrogen-bond acceptors (Lipinski definition) is 9. The summed E-state index contributed by atoms with van der Waals surface area (Å²) in [5.41, 5.74) is 1.38. The van der Waals surface area contributed by atoms with E-state index in [0.29, 0.717) is 15.6 Å². The van der Waals surface area contributed by atoms with Gasteiger partial charge in [0.1, 0.15) is 25.2 Å². The predicted molar refractivity (Wildman–Crippen MR) is 154 cm³/mol. The van der Waals surface area contributed by atoms with Crippen LogP contribution < -0.4 is 10.6 Å². The van der Waals surface area contributed by atoms with E-state index in [2.05, 4.69) is 26.0 Å². The minimum atomic E-state index is -1.28. The molecule has 2 N–H and O–H groups in total. The molecule has 0 aliphatic carbocycles. The first-order valence-corrected chi connectivity index (χ1v) is 14.0. The summed E-state index contributed by atoms with van der Waals surface area (Å²) in [5.74, 6) is -2.05. The molecule has 0 fully saturated rings. The number of benzene rings is 2. The Hall–Kier alpha value is -4.03. The van der Waals surface area contributed by atoms with Crippen molar-refractivity contribution < 1.29 is 28.7 Å². The summed E-state index contributed by atoms with van der Waals surface area (Å²) in [6, 6.07) is 11.8. The van der Waals surface area contributed by atoms with Crippen LogP contribution in [0, 0.1) is 5.92 Å². The molecule has 224 valence electrons. The van der Waals surface area contributed by atoms with Gasteiger partial charge in [0.25, 0.3) is 0 Å². The first kappa shape index (κ1) is 32.5. The number of rotatable bonds is 14. The Morgan fingerprint density at radius 1 is 0.952 bits per heavy atom. The zero-order valence-corrected chi connectivity index (χ0v) is 24.9. The van der Waals surface area contributed by atoms with Crippen LogP contribution in [-0.4, -0.2) is 62.7 Å². The number of carbonyl (C=O) groups excluding carboxylic acids is 4. The van der Waals surface area contributed by atoms with Crippen LogP contribution in [0.3, 0.4) is 0 Å². The molecule has 0 aliphatic rings. The first-order chi connectivity index (χ1) is 20.1. The third-order valence-electron chi connectivity index (χ3n) is 6.00. The standard InChI is InChI=1S/C28H32Cl2N6O6/c1-4-41-25(38)14-22(23(37)15-36-34-24(33-35-36)13-19-20(29)11-8-12-21(19)30)31-27(39)26(17(2)3)32-28(40)42-16-18-9-6-5-7-10-18/h5-12,17,22,26H,4,13-16H2,1-3H3,(H,31,39)(H,32,40). The zero-order chi connectivity index (χ0) is 30.6. The van der Waals surface area contributed by atoms with Gasteiger partial charge in [-0.25, -0.2) is 4.79 Å². The van der Waals surface area contributed by atoms with E-state index in [0.717, 1.165) is 10.4 Å². The Bertz CT molecular complexity index is 1360. The Morgan fingerprint density at radius 2 is 1.64 bits per heavy atom. The Balaban J connectivity index is 1.67. The Labute approximate surface area is 253 Å². The minimum absolute atomic E-state index is 0.0126. The molecule has 0 aliphatic heterocycles. The second-order valence-electron chi connectivity index (χ2n) is 9.58. The SMILES string of the molecule is CCOC(=O)CC(NC(=O)C(NC(=O)OCc1ccccc1)C(C)C)C(=O)Cn1nnc(Cc2c(Cl)cccc2Cl)n1. The van der Waals surface area contributed by atoms with Gasteiger partial charge in [-0.2, -0.15) is 4.80 Å². The highest BCUT2D eigenvalue weighted by atomic mass is 35.5. The summed E-state index contributed by atoms with van der Waals surface area (Å²) in [5, 5.41) is 18.0. The summed E-state index contributed by atoms with van der Waals surface area (Å²) in [4.78, 5) is 52.2. The van der Waals surface area contributed by atoms with Crippen molar-refractivity contribution in [2.45, 2.75) is 58.8 Å². The Kier molecular flexibility index (Phi) is 12.2. The highest BCUT2D eigenvalue weighted by Gasteiger charge is 2.31. The topological polar surface area (TPSA) is 154 Å². The van der Waals surface area contributed by atoms with Gasteiger partial charge in [-0.05, 0) is 41.3 Å². The number of tetrazole rings is 1. The van der Waals surface area contributed by atoms with Crippen molar-refractivity contribution >= 4 is 47.0 Å². The number of hydrogen-bond donors (Lipinski definition) is 2. The monoisotopic (exact) mass is 618 g/mol. The van der Waals surface area contributed by atoms with Crippen molar-refractivity contribution in [3.05, 3.63) is 75.5 Å². The number of nitrogens with zero attached hydrogens (tertiary/aromatic N) is 4. The predicted octanol–water partition coefficient (Wildman–Crippen LogP) is 3.53. The van der Waals surface area contributed by atoms with Crippen LogP contribution in [0.5, 0.6) is 0 Å². The summed E-state index contributed by atoms with van der Waals surface area (Å²) < 4.78 is 10.2. The lowest BCUT2D eigenvalue weighted by molar-refractivity contribution is -0.145. The molecular weight excluding hydrogens is 587 g/mol. The number of esters is 1. The lowest BCUT2D eigenvalue weighted by atomic mass is 10.0. The van der Waals surface area contributed by atoms with E-state index in [9.17, 15) is 19.2 Å². The summed E-state index contributed by atoms with van der Waals surface area (Å²) >= 11 is 12.4. The van der Waals surface area contributed by atoms with E-state index in [1.807, 2.05) is 18.2 Å². The van der Waals surface area contributed by atoms with Gasteiger partial charge < -0.3 is 20.1 Å². The number of carbonyl (C=O) groups is 4. The molecule has 0 saturated carbocycles. The van der Waals surface area contributed by atoms with Crippen LogP contribution in [0.1, 0.15) is 44.1 Å². The molecule has 3 rings (SSSR count). The molecule has 2 unspecified atom stereocenters. The van der Waals surface area contributed by atoms with Crippen LogP contribution in [0.4, 0.5) is 4.79 Å². The number of amides is 2. The maximum atomic E-state index is 13.2. The van der Waals surface area contributed by atoms with Crippen LogP contribution in [-0.2, 0) is 43.4 Å². The quantitative estimate of drug-likeness (QED) is 0.258. The number of halogens is 2. The maximum absolute atomic E-state index is 13.2. The summed E-state index contributed by atoms with van der Waals surface area (Å²) in [6.45, 7) is 4.77. The van der Waals surface area contributed by atoms with Crippen molar-refractivity contribution in [3.8, 4) is 0 Å². The van der Waals surface area contributed by atoms with Gasteiger partial charge in [0.05, 0.1) is 13.0 Å². The number of Topliss-reactive ketones (excluding diaryl/α,β-unsaturated/α-hetero) is 1. The number of ketones is 1. The molecule has 0 radical (unpaired) electrons. The normalized spacial score (nSPS) is 12.3. The van der Waals surface area contributed by atoms with E-state index in [-0.39, 0.29) is 31.4 Å².